The van der Waals surface area contributed by atoms with Crippen LogP contribution >= 0.6 is 0 Å². The van der Waals surface area contributed by atoms with Gasteiger partial charge in [0.05, 0.1) is 31.0 Å². The number of hydrogen-bond acceptors (Lipinski definition) is 3. The molecule has 0 aliphatic carbocycles. The van der Waals surface area contributed by atoms with Gasteiger partial charge in [0, 0.05) is 0 Å². The molecule has 1 aromatic rings. The van der Waals surface area contributed by atoms with Gasteiger partial charge >= 0.3 is 5.97 Å². The lowest BCUT2D eigenvalue weighted by Gasteiger charge is -2.19. The molecule has 1 N–H and O–H groups in total. The van der Waals surface area contributed by atoms with Gasteiger partial charge in [-0.2, -0.15) is 0 Å². The van der Waals surface area contributed by atoms with Crippen molar-refractivity contribution in [2.75, 3.05) is 13.2 Å². The third kappa shape index (κ3) is 5.80. The van der Waals surface area contributed by atoms with Gasteiger partial charge < -0.3 is 14.6 Å². The summed E-state index contributed by atoms with van der Waals surface area (Å²) in [6.07, 6.45) is 0. The van der Waals surface area contributed by atoms with E-state index in [2.05, 4.69) is 0 Å². The number of carbonyl (C=O) groups is 1. The van der Waals surface area contributed by atoms with Crippen molar-refractivity contribution in [2.24, 2.45) is 0 Å². The van der Waals surface area contributed by atoms with E-state index in [0.717, 1.165) is 5.56 Å². The third-order valence-corrected chi connectivity index (χ3v) is 2.23. The van der Waals surface area contributed by atoms with Crippen molar-refractivity contribution in [1.29, 1.82) is 0 Å². The Morgan fingerprint density at radius 3 is 2.28 bits per heavy atom. The molecule has 4 heteroatoms. The highest BCUT2D eigenvalue weighted by atomic mass is 16.5. The predicted molar refractivity (Wildman–Crippen MR) is 68.8 cm³/mol. The first-order valence-corrected chi connectivity index (χ1v) is 5.92. The average Bonchev–Trinajstić information content (AvgIpc) is 2.27. The first-order valence-electron chi connectivity index (χ1n) is 5.92. The summed E-state index contributed by atoms with van der Waals surface area (Å²) in [5, 5.41) is 8.75. The van der Waals surface area contributed by atoms with Gasteiger partial charge in [-0.1, -0.05) is 12.1 Å². The van der Waals surface area contributed by atoms with E-state index in [1.165, 1.54) is 0 Å². The minimum atomic E-state index is -0.916. The number of aromatic carboxylic acids is 1. The van der Waals surface area contributed by atoms with E-state index in [-0.39, 0.29) is 11.2 Å². The molecular formula is C14H20O4. The summed E-state index contributed by atoms with van der Waals surface area (Å²) < 4.78 is 11.0. The maximum Gasteiger partial charge on any atom is 0.335 e. The zero-order valence-corrected chi connectivity index (χ0v) is 11.1. The molecular weight excluding hydrogens is 232 g/mol. The molecule has 0 saturated carbocycles. The van der Waals surface area contributed by atoms with E-state index < -0.39 is 5.97 Å². The van der Waals surface area contributed by atoms with Crippen molar-refractivity contribution in [3.63, 3.8) is 0 Å². The summed E-state index contributed by atoms with van der Waals surface area (Å²) in [4.78, 5) is 10.7. The van der Waals surface area contributed by atoms with Crippen molar-refractivity contribution < 1.29 is 19.4 Å². The number of rotatable bonds is 6. The lowest BCUT2D eigenvalue weighted by atomic mass is 10.1. The van der Waals surface area contributed by atoms with E-state index >= 15 is 0 Å². The van der Waals surface area contributed by atoms with Gasteiger partial charge in [0.25, 0.3) is 0 Å². The molecule has 0 aliphatic heterocycles. The largest absolute Gasteiger partial charge is 0.478 e. The molecule has 0 unspecified atom stereocenters. The van der Waals surface area contributed by atoms with Crippen molar-refractivity contribution in [3.8, 4) is 0 Å². The molecule has 0 amide bonds. The van der Waals surface area contributed by atoms with Crippen LogP contribution in [0.2, 0.25) is 0 Å². The van der Waals surface area contributed by atoms with Crippen molar-refractivity contribution >= 4 is 5.97 Å². The lowest BCUT2D eigenvalue weighted by Crippen LogP contribution is -2.21. The fraction of sp³-hybridized carbons (Fsp3) is 0.500. The number of hydrogen-bond donors (Lipinski definition) is 1. The van der Waals surface area contributed by atoms with Gasteiger partial charge in [-0.25, -0.2) is 4.79 Å². The van der Waals surface area contributed by atoms with Gasteiger partial charge in [0.2, 0.25) is 0 Å². The standard InChI is InChI=1S/C14H20O4/c1-14(2,3)18-9-8-17-10-11-4-6-12(7-5-11)13(15)16/h4-7H,8-10H2,1-3H3,(H,15,16). The van der Waals surface area contributed by atoms with Gasteiger partial charge in [-0.15, -0.1) is 0 Å². The Kier molecular flexibility index (Phi) is 5.31. The van der Waals surface area contributed by atoms with Crippen LogP contribution in [-0.2, 0) is 16.1 Å². The monoisotopic (exact) mass is 252 g/mol. The Balaban J connectivity index is 2.25. The second-order valence-electron chi connectivity index (χ2n) is 5.02. The molecule has 100 valence electrons. The van der Waals surface area contributed by atoms with Crippen LogP contribution < -0.4 is 0 Å². The highest BCUT2D eigenvalue weighted by molar-refractivity contribution is 5.87. The minimum Gasteiger partial charge on any atom is -0.478 e. The SMILES string of the molecule is CC(C)(C)OCCOCc1ccc(C(=O)O)cc1. The first kappa shape index (κ1) is 14.7. The molecule has 4 nitrogen and oxygen atoms in total. The summed E-state index contributed by atoms with van der Waals surface area (Å²) in [6, 6.07) is 6.67. The Labute approximate surface area is 108 Å². The van der Waals surface area contributed by atoms with Gasteiger partial charge in [-0.3, -0.25) is 0 Å². The zero-order valence-electron chi connectivity index (χ0n) is 11.1. The highest BCUT2D eigenvalue weighted by Gasteiger charge is 2.09. The van der Waals surface area contributed by atoms with E-state index in [9.17, 15) is 4.79 Å². The first-order chi connectivity index (χ1) is 8.38. The van der Waals surface area contributed by atoms with E-state index in [4.69, 9.17) is 14.6 Å². The molecule has 0 saturated heterocycles. The van der Waals surface area contributed by atoms with Crippen LogP contribution in [0.25, 0.3) is 0 Å². The van der Waals surface area contributed by atoms with Crippen LogP contribution in [0.3, 0.4) is 0 Å². The van der Waals surface area contributed by atoms with Crippen molar-refractivity contribution in [1.82, 2.24) is 0 Å². The smallest absolute Gasteiger partial charge is 0.335 e. The second-order valence-corrected chi connectivity index (χ2v) is 5.02. The molecule has 0 aromatic heterocycles. The maximum atomic E-state index is 10.7. The molecule has 1 aromatic carbocycles. The summed E-state index contributed by atoms with van der Waals surface area (Å²) in [5.74, 6) is -0.916. The van der Waals surface area contributed by atoms with E-state index in [1.807, 2.05) is 20.8 Å². The van der Waals surface area contributed by atoms with Crippen LogP contribution in [0.15, 0.2) is 24.3 Å². The number of carboxylic acid groups (broad SMARTS) is 1. The van der Waals surface area contributed by atoms with Crippen LogP contribution in [0.4, 0.5) is 0 Å². The molecule has 0 radical (unpaired) electrons. The Bertz CT molecular complexity index is 376. The molecule has 0 spiro atoms. The highest BCUT2D eigenvalue weighted by Crippen LogP contribution is 2.07. The summed E-state index contributed by atoms with van der Waals surface area (Å²) in [6.45, 7) is 7.54. The summed E-state index contributed by atoms with van der Waals surface area (Å²) in [7, 11) is 0. The summed E-state index contributed by atoms with van der Waals surface area (Å²) >= 11 is 0. The zero-order chi connectivity index (χ0) is 13.6. The van der Waals surface area contributed by atoms with Gasteiger partial charge in [0.15, 0.2) is 0 Å². The Hall–Kier alpha value is -1.39. The van der Waals surface area contributed by atoms with Gasteiger partial charge in [-0.05, 0) is 38.5 Å². The molecule has 1 rings (SSSR count). The molecule has 0 bridgehead atoms. The minimum absolute atomic E-state index is 0.146. The molecule has 0 heterocycles. The quantitative estimate of drug-likeness (QED) is 0.791. The van der Waals surface area contributed by atoms with Crippen molar-refractivity contribution in [2.45, 2.75) is 33.0 Å². The maximum absolute atomic E-state index is 10.7. The molecule has 18 heavy (non-hydrogen) atoms. The molecule has 0 aliphatic rings. The van der Waals surface area contributed by atoms with Crippen LogP contribution in [0.1, 0.15) is 36.7 Å². The Morgan fingerprint density at radius 2 is 1.78 bits per heavy atom. The van der Waals surface area contributed by atoms with Crippen LogP contribution in [-0.4, -0.2) is 29.9 Å². The fourth-order valence-electron chi connectivity index (χ4n) is 1.34. The van der Waals surface area contributed by atoms with Crippen molar-refractivity contribution in [3.05, 3.63) is 35.4 Å². The van der Waals surface area contributed by atoms with Crippen LogP contribution in [0.5, 0.6) is 0 Å². The van der Waals surface area contributed by atoms with Gasteiger partial charge in [0.1, 0.15) is 0 Å². The topological polar surface area (TPSA) is 55.8 Å². The predicted octanol–water partition coefficient (Wildman–Crippen LogP) is 2.72. The Morgan fingerprint density at radius 1 is 1.17 bits per heavy atom. The van der Waals surface area contributed by atoms with Crippen LogP contribution in [0, 0.1) is 0 Å². The lowest BCUT2D eigenvalue weighted by molar-refractivity contribution is -0.0376. The third-order valence-electron chi connectivity index (χ3n) is 2.23. The van der Waals surface area contributed by atoms with E-state index in [1.54, 1.807) is 24.3 Å². The number of carboxylic acids is 1. The number of ether oxygens (including phenoxy) is 2. The molecule has 0 atom stereocenters. The summed E-state index contributed by atoms with van der Waals surface area (Å²) in [5.41, 5.74) is 1.09. The second kappa shape index (κ2) is 6.52. The molecule has 0 fully saturated rings. The van der Waals surface area contributed by atoms with E-state index in [0.29, 0.717) is 19.8 Å². The fourth-order valence-corrected chi connectivity index (χ4v) is 1.34. The number of benzene rings is 1. The normalized spacial score (nSPS) is 11.5. The average molecular weight is 252 g/mol.